The molecule has 6 nitrogen and oxygen atoms in total. The zero-order valence-electron chi connectivity index (χ0n) is 19.7. The van der Waals surface area contributed by atoms with Crippen LogP contribution >= 0.6 is 0 Å². The van der Waals surface area contributed by atoms with E-state index in [0.717, 1.165) is 22.3 Å². The van der Waals surface area contributed by atoms with Crippen molar-refractivity contribution in [1.82, 2.24) is 4.40 Å². The molecule has 2 heterocycles. The van der Waals surface area contributed by atoms with Gasteiger partial charge in [-0.2, -0.15) is 0 Å². The molecule has 2 aromatic heterocycles. The Morgan fingerprint density at radius 2 is 1.44 bits per heavy atom. The quantitative estimate of drug-likeness (QED) is 0.236. The summed E-state index contributed by atoms with van der Waals surface area (Å²) in [5.41, 5.74) is 10.4. The molecule has 0 bridgehead atoms. The number of hydrogen-bond acceptors (Lipinski definition) is 4. The zero-order chi connectivity index (χ0) is 25.1. The molecule has 0 saturated carbocycles. The Labute approximate surface area is 208 Å². The minimum absolute atomic E-state index is 0.0755. The van der Waals surface area contributed by atoms with Gasteiger partial charge in [0.15, 0.2) is 5.75 Å². The van der Waals surface area contributed by atoms with Gasteiger partial charge in [-0.05, 0) is 28.8 Å². The van der Waals surface area contributed by atoms with Crippen LogP contribution in [0.2, 0.25) is 0 Å². The number of nitrogens with two attached hydrogens (primary N) is 1. The number of carbonyl (C=O) groups excluding carboxylic acids is 2. The van der Waals surface area contributed by atoms with E-state index in [1.54, 1.807) is 6.07 Å². The number of hydrogen-bond donors (Lipinski definition) is 1. The molecule has 36 heavy (non-hydrogen) atoms. The number of Topliss-reactive ketones (excluding diaryl/α,β-unsaturated/α-hetero) is 1. The van der Waals surface area contributed by atoms with Gasteiger partial charge in [-0.3, -0.25) is 9.59 Å². The van der Waals surface area contributed by atoms with Crippen molar-refractivity contribution in [3.63, 3.8) is 0 Å². The van der Waals surface area contributed by atoms with E-state index in [0.29, 0.717) is 17.0 Å². The molecule has 2 N–H and O–H groups in total. The summed E-state index contributed by atoms with van der Waals surface area (Å²) < 4.78 is 13.8. The Kier molecular flexibility index (Phi) is 6.24. The van der Waals surface area contributed by atoms with Crippen LogP contribution < -0.4 is 15.2 Å². The maximum absolute atomic E-state index is 13.1. The summed E-state index contributed by atoms with van der Waals surface area (Å²) >= 11 is 0. The number of fused-ring (bicyclic) bond motifs is 1. The van der Waals surface area contributed by atoms with Gasteiger partial charge < -0.3 is 19.6 Å². The summed E-state index contributed by atoms with van der Waals surface area (Å²) in [6, 6.07) is 31.1. The summed E-state index contributed by atoms with van der Waals surface area (Å²) in [6.07, 6.45) is 1.82. The molecular formula is C30H24N2O4. The number of pyridine rings is 1. The molecule has 5 aromatic rings. The molecule has 0 aliphatic heterocycles. The first kappa shape index (κ1) is 22.9. The highest BCUT2D eigenvalue weighted by Gasteiger charge is 2.31. The van der Waals surface area contributed by atoms with Crippen LogP contribution in [0.4, 0.5) is 0 Å². The molecule has 0 aliphatic carbocycles. The van der Waals surface area contributed by atoms with Crippen LogP contribution in [0.1, 0.15) is 15.9 Å². The normalized spacial score (nSPS) is 10.8. The van der Waals surface area contributed by atoms with Gasteiger partial charge in [0, 0.05) is 11.8 Å². The highest BCUT2D eigenvalue weighted by Crippen LogP contribution is 2.44. The van der Waals surface area contributed by atoms with Gasteiger partial charge in [-0.15, -0.1) is 0 Å². The van der Waals surface area contributed by atoms with Crippen molar-refractivity contribution in [3.8, 4) is 33.9 Å². The van der Waals surface area contributed by atoms with Crippen molar-refractivity contribution >= 4 is 17.2 Å². The largest absolute Gasteiger partial charge is 0.494 e. The molecule has 0 atom stereocenters. The SMILES string of the molecule is COc1c(C(=O)C(N)=O)c2c(OCc3ccccc3)cccn2c1-c1ccccc1-c1ccccc1. The van der Waals surface area contributed by atoms with Gasteiger partial charge in [0.05, 0.1) is 18.4 Å². The van der Waals surface area contributed by atoms with Crippen LogP contribution in [-0.2, 0) is 11.4 Å². The van der Waals surface area contributed by atoms with Crippen LogP contribution in [0.5, 0.6) is 11.5 Å². The molecule has 5 rings (SSSR count). The predicted octanol–water partition coefficient (Wildman–Crippen LogP) is 5.53. The number of rotatable bonds is 8. The van der Waals surface area contributed by atoms with E-state index in [4.69, 9.17) is 15.2 Å². The molecule has 0 radical (unpaired) electrons. The number of methoxy groups -OCH3 is 1. The lowest BCUT2D eigenvalue weighted by Crippen LogP contribution is -2.23. The van der Waals surface area contributed by atoms with Gasteiger partial charge in [-0.1, -0.05) is 84.9 Å². The van der Waals surface area contributed by atoms with Crippen molar-refractivity contribution in [1.29, 1.82) is 0 Å². The van der Waals surface area contributed by atoms with Gasteiger partial charge >= 0.3 is 0 Å². The van der Waals surface area contributed by atoms with Crippen LogP contribution in [0.3, 0.4) is 0 Å². The Morgan fingerprint density at radius 3 is 2.11 bits per heavy atom. The fourth-order valence-corrected chi connectivity index (χ4v) is 4.45. The molecule has 0 unspecified atom stereocenters. The smallest absolute Gasteiger partial charge is 0.290 e. The Hall–Kier alpha value is -4.84. The first-order valence-electron chi connectivity index (χ1n) is 11.5. The average Bonchev–Trinajstić information content (AvgIpc) is 3.27. The average molecular weight is 477 g/mol. The number of amides is 1. The first-order valence-corrected chi connectivity index (χ1v) is 11.5. The van der Waals surface area contributed by atoms with Crippen LogP contribution in [0.15, 0.2) is 103 Å². The van der Waals surface area contributed by atoms with Gasteiger partial charge in [0.25, 0.3) is 11.7 Å². The minimum Gasteiger partial charge on any atom is -0.494 e. The molecule has 0 saturated heterocycles. The lowest BCUT2D eigenvalue weighted by molar-refractivity contribution is -0.114. The number of ketones is 1. The van der Waals surface area contributed by atoms with E-state index in [1.165, 1.54) is 7.11 Å². The first-order chi connectivity index (χ1) is 17.6. The second-order valence-corrected chi connectivity index (χ2v) is 8.23. The lowest BCUT2D eigenvalue weighted by Gasteiger charge is -2.13. The van der Waals surface area contributed by atoms with Crippen molar-refractivity contribution in [2.75, 3.05) is 7.11 Å². The number of primary amides is 1. The Morgan fingerprint density at radius 1 is 0.806 bits per heavy atom. The monoisotopic (exact) mass is 476 g/mol. The maximum Gasteiger partial charge on any atom is 0.290 e. The predicted molar refractivity (Wildman–Crippen MR) is 139 cm³/mol. The van der Waals surface area contributed by atoms with Crippen LogP contribution in [0, 0.1) is 0 Å². The topological polar surface area (TPSA) is 83.0 Å². The van der Waals surface area contributed by atoms with E-state index in [9.17, 15) is 9.59 Å². The van der Waals surface area contributed by atoms with Crippen molar-refractivity contribution < 1.29 is 19.1 Å². The standard InChI is InChI=1S/C30H24N2O4/c1-35-29-25(28(33)30(31)34)27-24(36-19-20-11-4-2-5-12-20)17-10-18-32(27)26(29)23-16-9-8-15-22(23)21-13-6-3-7-14-21/h2-18H,19H2,1H3,(H2,31,34). The summed E-state index contributed by atoms with van der Waals surface area (Å²) in [5, 5.41) is 0. The second-order valence-electron chi connectivity index (χ2n) is 8.23. The number of ether oxygens (including phenoxy) is 2. The highest BCUT2D eigenvalue weighted by molar-refractivity contribution is 6.45. The maximum atomic E-state index is 13.1. The van der Waals surface area contributed by atoms with Crippen LogP contribution in [-0.4, -0.2) is 23.2 Å². The summed E-state index contributed by atoms with van der Waals surface area (Å²) in [4.78, 5) is 25.2. The van der Waals surface area contributed by atoms with E-state index in [1.807, 2.05) is 102 Å². The molecule has 0 aliphatic rings. The summed E-state index contributed by atoms with van der Waals surface area (Å²) in [5.74, 6) is -1.21. The van der Waals surface area contributed by atoms with Crippen molar-refractivity contribution in [2.45, 2.75) is 6.61 Å². The van der Waals surface area contributed by atoms with E-state index >= 15 is 0 Å². The number of carbonyl (C=O) groups is 2. The summed E-state index contributed by atoms with van der Waals surface area (Å²) in [6.45, 7) is 0.286. The molecule has 0 fully saturated rings. The van der Waals surface area contributed by atoms with Crippen molar-refractivity contribution in [2.24, 2.45) is 5.73 Å². The lowest BCUT2D eigenvalue weighted by atomic mass is 9.97. The molecule has 0 spiro atoms. The van der Waals surface area contributed by atoms with Gasteiger partial charge in [0.2, 0.25) is 0 Å². The third kappa shape index (κ3) is 4.09. The number of benzene rings is 3. The fourth-order valence-electron chi connectivity index (χ4n) is 4.45. The van der Waals surface area contributed by atoms with E-state index < -0.39 is 11.7 Å². The third-order valence-corrected chi connectivity index (χ3v) is 6.04. The minimum atomic E-state index is -1.07. The van der Waals surface area contributed by atoms with Gasteiger partial charge in [0.1, 0.15) is 17.9 Å². The molecule has 178 valence electrons. The molecule has 1 amide bonds. The number of aromatic nitrogens is 1. The third-order valence-electron chi connectivity index (χ3n) is 6.04. The summed E-state index contributed by atoms with van der Waals surface area (Å²) in [7, 11) is 1.48. The molecule has 6 heteroatoms. The molecular weight excluding hydrogens is 452 g/mol. The fraction of sp³-hybridized carbons (Fsp3) is 0.0667. The Balaban J connectivity index is 1.78. The highest BCUT2D eigenvalue weighted by atomic mass is 16.5. The van der Waals surface area contributed by atoms with E-state index in [2.05, 4.69) is 0 Å². The molecule has 3 aromatic carbocycles. The Bertz CT molecular complexity index is 1560. The number of nitrogens with zero attached hydrogens (tertiary/aromatic N) is 1. The van der Waals surface area contributed by atoms with Crippen molar-refractivity contribution in [3.05, 3.63) is 114 Å². The van der Waals surface area contributed by atoms with E-state index in [-0.39, 0.29) is 17.9 Å². The second kappa shape index (κ2) is 9.80. The zero-order valence-corrected chi connectivity index (χ0v) is 19.7. The van der Waals surface area contributed by atoms with Gasteiger partial charge in [-0.25, -0.2) is 0 Å². The van der Waals surface area contributed by atoms with Crippen LogP contribution in [0.25, 0.3) is 27.9 Å².